The highest BCUT2D eigenvalue weighted by Gasteiger charge is 2.02. The van der Waals surface area contributed by atoms with E-state index in [9.17, 15) is 10.1 Å². The number of nitrogens with zero attached hydrogens (tertiary/aromatic N) is 2. The number of nitro groups is 1. The first-order valence-electron chi connectivity index (χ1n) is 5.43. The molecule has 0 aliphatic heterocycles. The van der Waals surface area contributed by atoms with E-state index in [0.29, 0.717) is 25.5 Å². The number of nitrogens with one attached hydrogen (secondary N) is 2. The third kappa shape index (κ3) is 5.80. The van der Waals surface area contributed by atoms with Gasteiger partial charge in [0.1, 0.15) is 0 Å². The molecular weight excluding hydrogens is 236 g/mol. The van der Waals surface area contributed by atoms with Gasteiger partial charge in [-0.25, -0.2) is 0 Å². The summed E-state index contributed by atoms with van der Waals surface area (Å²) < 4.78 is 4.86. The molecule has 0 amide bonds. The molecule has 0 fully saturated rings. The van der Waals surface area contributed by atoms with Gasteiger partial charge in [0.05, 0.1) is 11.5 Å². The number of rotatable bonds is 8. The van der Waals surface area contributed by atoms with Crippen molar-refractivity contribution in [1.29, 1.82) is 0 Å². The molecule has 98 valence electrons. The Bertz CT molecular complexity index is 395. The van der Waals surface area contributed by atoms with E-state index in [-0.39, 0.29) is 0 Å². The first-order chi connectivity index (χ1) is 8.72. The number of ether oxygens (including phenoxy) is 1. The van der Waals surface area contributed by atoms with Gasteiger partial charge in [0.15, 0.2) is 5.82 Å². The predicted octanol–water partition coefficient (Wildman–Crippen LogP) is 0.483. The van der Waals surface area contributed by atoms with E-state index in [1.807, 2.05) is 12.1 Å². The second-order valence-corrected chi connectivity index (χ2v) is 3.46. The van der Waals surface area contributed by atoms with Gasteiger partial charge in [-0.15, -0.1) is 0 Å². The fourth-order valence-electron chi connectivity index (χ4n) is 1.25. The second-order valence-electron chi connectivity index (χ2n) is 3.46. The fraction of sp³-hybridized carbons (Fsp3) is 0.364. The van der Waals surface area contributed by atoms with Gasteiger partial charge in [0.2, 0.25) is 0 Å². The molecule has 0 aromatic carbocycles. The first kappa shape index (κ1) is 13.9. The maximum absolute atomic E-state index is 10.5. The number of hydrogen-bond acceptors (Lipinski definition) is 6. The van der Waals surface area contributed by atoms with E-state index in [2.05, 4.69) is 15.6 Å². The summed E-state index contributed by atoms with van der Waals surface area (Å²) in [6.07, 6.45) is 4.27. The van der Waals surface area contributed by atoms with Crippen LogP contribution in [-0.2, 0) is 11.3 Å². The van der Waals surface area contributed by atoms with Crippen molar-refractivity contribution >= 4 is 0 Å². The standard InChI is InChI=1S/C11H16N4O3/c1-18-6-5-13-11(9-15(16)17)14-8-10-3-2-4-12-7-10/h2-4,7,9,13-14H,5-6,8H2,1H3/b11-9+. The van der Waals surface area contributed by atoms with Gasteiger partial charge in [-0.05, 0) is 11.6 Å². The molecule has 0 saturated carbocycles. The largest absolute Gasteiger partial charge is 0.383 e. The monoisotopic (exact) mass is 252 g/mol. The summed E-state index contributed by atoms with van der Waals surface area (Å²) in [5, 5.41) is 16.3. The van der Waals surface area contributed by atoms with Crippen LogP contribution in [0.3, 0.4) is 0 Å². The van der Waals surface area contributed by atoms with Crippen LogP contribution in [0.2, 0.25) is 0 Å². The van der Waals surface area contributed by atoms with Crippen LogP contribution in [0.4, 0.5) is 0 Å². The highest BCUT2D eigenvalue weighted by molar-refractivity contribution is 5.09. The Hall–Kier alpha value is -2.15. The lowest BCUT2D eigenvalue weighted by molar-refractivity contribution is -0.404. The zero-order chi connectivity index (χ0) is 13.2. The molecule has 1 heterocycles. The molecule has 1 rings (SSSR count). The Morgan fingerprint density at radius 2 is 2.44 bits per heavy atom. The summed E-state index contributed by atoms with van der Waals surface area (Å²) in [5.41, 5.74) is 0.945. The molecule has 0 aliphatic carbocycles. The van der Waals surface area contributed by atoms with Crippen LogP contribution in [0.25, 0.3) is 0 Å². The molecule has 0 bridgehead atoms. The van der Waals surface area contributed by atoms with Crippen LogP contribution in [-0.4, -0.2) is 30.2 Å². The van der Waals surface area contributed by atoms with Crippen LogP contribution < -0.4 is 10.6 Å². The molecule has 7 heteroatoms. The average molecular weight is 252 g/mol. The molecule has 0 atom stereocenters. The number of methoxy groups -OCH3 is 1. The number of hydrogen-bond donors (Lipinski definition) is 2. The minimum Gasteiger partial charge on any atom is -0.383 e. The van der Waals surface area contributed by atoms with Crippen molar-refractivity contribution in [2.75, 3.05) is 20.3 Å². The minimum absolute atomic E-state index is 0.348. The summed E-state index contributed by atoms with van der Waals surface area (Å²) in [6.45, 7) is 1.44. The van der Waals surface area contributed by atoms with Gasteiger partial charge < -0.3 is 15.4 Å². The number of pyridine rings is 1. The highest BCUT2D eigenvalue weighted by atomic mass is 16.6. The van der Waals surface area contributed by atoms with E-state index in [1.54, 1.807) is 19.5 Å². The Balaban J connectivity index is 2.48. The Kier molecular flexibility index (Phi) is 6.20. The van der Waals surface area contributed by atoms with E-state index in [0.717, 1.165) is 11.8 Å². The summed E-state index contributed by atoms with van der Waals surface area (Å²) >= 11 is 0. The molecule has 0 saturated heterocycles. The fourth-order valence-corrected chi connectivity index (χ4v) is 1.25. The second kappa shape index (κ2) is 8.02. The summed E-state index contributed by atoms with van der Waals surface area (Å²) in [5.74, 6) is 0.348. The highest BCUT2D eigenvalue weighted by Crippen LogP contribution is 1.96. The molecule has 0 spiro atoms. The van der Waals surface area contributed by atoms with Crippen LogP contribution >= 0.6 is 0 Å². The van der Waals surface area contributed by atoms with E-state index < -0.39 is 4.92 Å². The topological polar surface area (TPSA) is 89.3 Å². The SMILES string of the molecule is COCCN/C(=C\[N+](=O)[O-])NCc1cccnc1. The zero-order valence-corrected chi connectivity index (χ0v) is 10.1. The lowest BCUT2D eigenvalue weighted by atomic mass is 10.3. The van der Waals surface area contributed by atoms with Gasteiger partial charge in [0.25, 0.3) is 6.20 Å². The summed E-state index contributed by atoms with van der Waals surface area (Å²) in [6, 6.07) is 3.70. The lowest BCUT2D eigenvalue weighted by Crippen LogP contribution is -2.29. The van der Waals surface area contributed by atoms with Gasteiger partial charge in [-0.3, -0.25) is 15.1 Å². The van der Waals surface area contributed by atoms with Crippen molar-refractivity contribution in [2.45, 2.75) is 6.54 Å². The number of aromatic nitrogens is 1. The van der Waals surface area contributed by atoms with Crippen LogP contribution in [0.1, 0.15) is 5.56 Å². The molecule has 0 radical (unpaired) electrons. The van der Waals surface area contributed by atoms with Gasteiger partial charge in [-0.1, -0.05) is 6.07 Å². The molecule has 0 aliphatic rings. The van der Waals surface area contributed by atoms with E-state index in [1.165, 1.54) is 0 Å². The average Bonchev–Trinajstić information content (AvgIpc) is 2.37. The van der Waals surface area contributed by atoms with Crippen molar-refractivity contribution in [2.24, 2.45) is 0 Å². The maximum Gasteiger partial charge on any atom is 0.274 e. The van der Waals surface area contributed by atoms with Gasteiger partial charge in [-0.2, -0.15) is 0 Å². The van der Waals surface area contributed by atoms with Crippen molar-refractivity contribution in [1.82, 2.24) is 15.6 Å². The van der Waals surface area contributed by atoms with Crippen molar-refractivity contribution in [3.63, 3.8) is 0 Å². The molecule has 18 heavy (non-hydrogen) atoms. The summed E-state index contributed by atoms with van der Waals surface area (Å²) in [7, 11) is 1.57. The Labute approximate surface area is 105 Å². The molecule has 1 aromatic heterocycles. The molecule has 1 aromatic rings. The van der Waals surface area contributed by atoms with Crippen LogP contribution in [0.15, 0.2) is 36.5 Å². The van der Waals surface area contributed by atoms with Crippen molar-refractivity contribution in [3.05, 3.63) is 52.2 Å². The van der Waals surface area contributed by atoms with Gasteiger partial charge in [0, 0.05) is 32.6 Å². The normalized spacial score (nSPS) is 11.1. The lowest BCUT2D eigenvalue weighted by Gasteiger charge is -2.10. The zero-order valence-electron chi connectivity index (χ0n) is 10.1. The van der Waals surface area contributed by atoms with Gasteiger partial charge >= 0.3 is 0 Å². The quantitative estimate of drug-likeness (QED) is 0.397. The van der Waals surface area contributed by atoms with Crippen molar-refractivity contribution in [3.8, 4) is 0 Å². The summed E-state index contributed by atoms with van der Waals surface area (Å²) in [4.78, 5) is 13.9. The Morgan fingerprint density at radius 1 is 1.61 bits per heavy atom. The third-order valence-corrected chi connectivity index (χ3v) is 2.06. The van der Waals surface area contributed by atoms with Crippen molar-refractivity contribution < 1.29 is 9.66 Å². The van der Waals surface area contributed by atoms with E-state index >= 15 is 0 Å². The molecule has 7 nitrogen and oxygen atoms in total. The van der Waals surface area contributed by atoms with Crippen LogP contribution in [0.5, 0.6) is 0 Å². The molecule has 2 N–H and O–H groups in total. The third-order valence-electron chi connectivity index (χ3n) is 2.06. The van der Waals surface area contributed by atoms with E-state index in [4.69, 9.17) is 4.74 Å². The first-order valence-corrected chi connectivity index (χ1v) is 5.43. The smallest absolute Gasteiger partial charge is 0.274 e. The molecule has 0 unspecified atom stereocenters. The minimum atomic E-state index is -0.509. The predicted molar refractivity (Wildman–Crippen MR) is 66.0 cm³/mol. The molecular formula is C11H16N4O3. The Morgan fingerprint density at radius 3 is 3.06 bits per heavy atom. The van der Waals surface area contributed by atoms with Crippen LogP contribution in [0, 0.1) is 10.1 Å². The maximum atomic E-state index is 10.5.